The van der Waals surface area contributed by atoms with Crippen molar-refractivity contribution < 1.29 is 14.3 Å². The minimum Gasteiger partial charge on any atom is -0.496 e. The van der Waals surface area contributed by atoms with Gasteiger partial charge in [0.15, 0.2) is 5.78 Å². The van der Waals surface area contributed by atoms with Crippen molar-refractivity contribution in [2.45, 2.75) is 38.2 Å². The molecule has 19 heavy (non-hydrogen) atoms. The van der Waals surface area contributed by atoms with Crippen LogP contribution in [0.3, 0.4) is 0 Å². The summed E-state index contributed by atoms with van der Waals surface area (Å²) in [6.45, 7) is 2.54. The van der Waals surface area contributed by atoms with E-state index in [4.69, 9.17) is 21.1 Å². The second kappa shape index (κ2) is 5.93. The van der Waals surface area contributed by atoms with Gasteiger partial charge in [0.05, 0.1) is 7.11 Å². The van der Waals surface area contributed by atoms with Crippen LogP contribution in [0.1, 0.15) is 31.7 Å². The largest absolute Gasteiger partial charge is 0.496 e. The number of carbonyl (C=O) groups excluding carboxylic acids is 1. The van der Waals surface area contributed by atoms with Gasteiger partial charge in [0, 0.05) is 23.6 Å². The molecule has 3 nitrogen and oxygen atoms in total. The van der Waals surface area contributed by atoms with Crippen LogP contribution in [-0.4, -0.2) is 25.1 Å². The molecule has 0 bridgehead atoms. The monoisotopic (exact) mass is 282 g/mol. The van der Waals surface area contributed by atoms with E-state index in [1.807, 2.05) is 6.92 Å². The average molecular weight is 283 g/mol. The summed E-state index contributed by atoms with van der Waals surface area (Å²) in [5, 5.41) is 0.610. The van der Waals surface area contributed by atoms with Crippen molar-refractivity contribution >= 4 is 17.4 Å². The van der Waals surface area contributed by atoms with Crippen molar-refractivity contribution in [2.75, 3.05) is 13.7 Å². The van der Waals surface area contributed by atoms with Crippen LogP contribution in [0.5, 0.6) is 5.75 Å². The third-order valence-electron chi connectivity index (χ3n) is 3.65. The van der Waals surface area contributed by atoms with Crippen molar-refractivity contribution in [3.05, 3.63) is 28.8 Å². The quantitative estimate of drug-likeness (QED) is 0.849. The Bertz CT molecular complexity index is 464. The number of hydrogen-bond donors (Lipinski definition) is 0. The number of methoxy groups -OCH3 is 1. The zero-order chi connectivity index (χ0) is 13.9. The Labute approximate surface area is 118 Å². The highest BCUT2D eigenvalue weighted by molar-refractivity contribution is 6.30. The molecule has 1 aliphatic heterocycles. The van der Waals surface area contributed by atoms with E-state index in [0.717, 1.165) is 24.8 Å². The predicted molar refractivity (Wildman–Crippen MR) is 74.9 cm³/mol. The molecule has 1 aliphatic rings. The molecule has 1 saturated heterocycles. The van der Waals surface area contributed by atoms with Crippen LogP contribution in [0.15, 0.2) is 18.2 Å². The topological polar surface area (TPSA) is 35.5 Å². The number of rotatable bonds is 4. The SMILES string of the molecule is COc1ccc(Cl)cc1CC(=O)C1(C)CCCCO1. The maximum Gasteiger partial charge on any atom is 0.168 e. The first-order chi connectivity index (χ1) is 9.05. The van der Waals surface area contributed by atoms with Crippen molar-refractivity contribution in [1.82, 2.24) is 0 Å². The van der Waals surface area contributed by atoms with Crippen LogP contribution in [-0.2, 0) is 16.0 Å². The lowest BCUT2D eigenvalue weighted by molar-refractivity contribution is -0.147. The van der Waals surface area contributed by atoms with Gasteiger partial charge in [-0.25, -0.2) is 0 Å². The standard InChI is InChI=1S/C15H19ClO3/c1-15(7-3-4-8-19-15)14(17)10-11-9-12(16)5-6-13(11)18-2/h5-6,9H,3-4,7-8,10H2,1-2H3. The van der Waals surface area contributed by atoms with E-state index in [1.165, 1.54) is 0 Å². The number of Topliss-reactive ketones (excluding diaryl/α,β-unsaturated/α-hetero) is 1. The number of ketones is 1. The summed E-state index contributed by atoms with van der Waals surface area (Å²) in [5.74, 6) is 0.782. The first kappa shape index (κ1) is 14.4. The normalized spacial score (nSPS) is 23.1. The van der Waals surface area contributed by atoms with E-state index in [0.29, 0.717) is 23.8 Å². The first-order valence-corrected chi connectivity index (χ1v) is 6.92. The average Bonchev–Trinajstić information content (AvgIpc) is 2.40. The molecule has 0 N–H and O–H groups in total. The predicted octanol–water partition coefficient (Wildman–Crippen LogP) is 3.42. The summed E-state index contributed by atoms with van der Waals surface area (Å²) in [6.07, 6.45) is 3.15. The van der Waals surface area contributed by atoms with Crippen molar-refractivity contribution in [2.24, 2.45) is 0 Å². The second-order valence-corrected chi connectivity index (χ2v) is 5.53. The maximum absolute atomic E-state index is 12.4. The van der Waals surface area contributed by atoms with E-state index in [9.17, 15) is 4.79 Å². The number of carbonyl (C=O) groups is 1. The maximum atomic E-state index is 12.4. The van der Waals surface area contributed by atoms with Gasteiger partial charge in [0.25, 0.3) is 0 Å². The highest BCUT2D eigenvalue weighted by atomic mass is 35.5. The van der Waals surface area contributed by atoms with Gasteiger partial charge in [0.1, 0.15) is 11.4 Å². The van der Waals surface area contributed by atoms with Crippen molar-refractivity contribution in [3.8, 4) is 5.75 Å². The summed E-state index contributed by atoms with van der Waals surface area (Å²) in [7, 11) is 1.59. The molecule has 1 aromatic rings. The Morgan fingerprint density at radius 2 is 2.26 bits per heavy atom. The Balaban J connectivity index is 2.16. The minimum atomic E-state index is -0.661. The summed E-state index contributed by atoms with van der Waals surface area (Å²) in [4.78, 5) is 12.4. The number of hydrogen-bond acceptors (Lipinski definition) is 3. The van der Waals surface area contributed by atoms with Gasteiger partial charge in [-0.3, -0.25) is 4.79 Å². The van der Waals surface area contributed by atoms with Gasteiger partial charge in [-0.1, -0.05) is 11.6 Å². The zero-order valence-electron chi connectivity index (χ0n) is 11.4. The Morgan fingerprint density at radius 3 is 2.89 bits per heavy atom. The molecule has 0 amide bonds. The number of halogens is 1. The molecule has 0 aliphatic carbocycles. The minimum absolute atomic E-state index is 0.0905. The molecule has 0 aromatic heterocycles. The summed E-state index contributed by atoms with van der Waals surface area (Å²) in [6, 6.07) is 5.33. The molecule has 1 heterocycles. The van der Waals surface area contributed by atoms with Crippen molar-refractivity contribution in [3.63, 3.8) is 0 Å². The Morgan fingerprint density at radius 1 is 1.47 bits per heavy atom. The summed E-state index contributed by atoms with van der Waals surface area (Å²) in [5.41, 5.74) is 0.154. The molecule has 1 atom stereocenters. The van der Waals surface area contributed by atoms with E-state index in [1.54, 1.807) is 25.3 Å². The van der Waals surface area contributed by atoms with Crippen LogP contribution in [0.4, 0.5) is 0 Å². The smallest absolute Gasteiger partial charge is 0.168 e. The molecule has 0 saturated carbocycles. The lowest BCUT2D eigenvalue weighted by atomic mass is 9.88. The van der Waals surface area contributed by atoms with Gasteiger partial charge in [-0.15, -0.1) is 0 Å². The first-order valence-electron chi connectivity index (χ1n) is 6.55. The second-order valence-electron chi connectivity index (χ2n) is 5.09. The molecule has 0 radical (unpaired) electrons. The fourth-order valence-electron chi connectivity index (χ4n) is 2.40. The van der Waals surface area contributed by atoms with Crippen LogP contribution in [0.2, 0.25) is 5.02 Å². The lowest BCUT2D eigenvalue weighted by Gasteiger charge is -2.32. The number of ether oxygens (including phenoxy) is 2. The van der Waals surface area contributed by atoms with Gasteiger partial charge in [-0.2, -0.15) is 0 Å². The van der Waals surface area contributed by atoms with Crippen LogP contribution < -0.4 is 4.74 Å². The van der Waals surface area contributed by atoms with E-state index < -0.39 is 5.60 Å². The molecule has 0 spiro atoms. The van der Waals surface area contributed by atoms with Gasteiger partial charge >= 0.3 is 0 Å². The van der Waals surface area contributed by atoms with Gasteiger partial charge in [0.2, 0.25) is 0 Å². The molecule has 104 valence electrons. The van der Waals surface area contributed by atoms with E-state index >= 15 is 0 Å². The molecule has 4 heteroatoms. The third-order valence-corrected chi connectivity index (χ3v) is 3.89. The number of benzene rings is 1. The van der Waals surface area contributed by atoms with Crippen LogP contribution in [0.25, 0.3) is 0 Å². The van der Waals surface area contributed by atoms with E-state index in [2.05, 4.69) is 0 Å². The van der Waals surface area contributed by atoms with Crippen LogP contribution >= 0.6 is 11.6 Å². The lowest BCUT2D eigenvalue weighted by Crippen LogP contribution is -2.42. The summed E-state index contributed by atoms with van der Waals surface area (Å²) >= 11 is 5.98. The molecule has 1 unspecified atom stereocenters. The Hall–Kier alpha value is -1.06. The van der Waals surface area contributed by atoms with Gasteiger partial charge < -0.3 is 9.47 Å². The molecule has 1 fully saturated rings. The zero-order valence-corrected chi connectivity index (χ0v) is 12.1. The molecule has 1 aromatic carbocycles. The molecular weight excluding hydrogens is 264 g/mol. The van der Waals surface area contributed by atoms with Crippen molar-refractivity contribution in [1.29, 1.82) is 0 Å². The van der Waals surface area contributed by atoms with Crippen LogP contribution in [0, 0.1) is 0 Å². The fourth-order valence-corrected chi connectivity index (χ4v) is 2.59. The molecule has 2 rings (SSSR count). The molecular formula is C15H19ClO3. The highest BCUT2D eigenvalue weighted by Gasteiger charge is 2.35. The Kier molecular flexibility index (Phi) is 4.48. The third kappa shape index (κ3) is 3.28. The van der Waals surface area contributed by atoms with E-state index in [-0.39, 0.29) is 5.78 Å². The fraction of sp³-hybridized carbons (Fsp3) is 0.533. The van der Waals surface area contributed by atoms with Gasteiger partial charge in [-0.05, 0) is 44.4 Å². The summed E-state index contributed by atoms with van der Waals surface area (Å²) < 4.78 is 10.9. The highest BCUT2D eigenvalue weighted by Crippen LogP contribution is 2.29.